The van der Waals surface area contributed by atoms with Gasteiger partial charge in [0.1, 0.15) is 5.75 Å². The van der Waals surface area contributed by atoms with Crippen LogP contribution in [0.25, 0.3) is 11.1 Å². The zero-order valence-corrected chi connectivity index (χ0v) is 14.5. The molecule has 0 aliphatic carbocycles. The fraction of sp³-hybridized carbons (Fsp3) is 0.0500. The molecule has 0 unspecified atom stereocenters. The summed E-state index contributed by atoms with van der Waals surface area (Å²) in [5.41, 5.74) is 6.26. The fourth-order valence-electron chi connectivity index (χ4n) is 2.30. The predicted molar refractivity (Wildman–Crippen MR) is 98.1 cm³/mol. The van der Waals surface area contributed by atoms with Crippen LogP contribution in [-0.2, 0) is 9.53 Å². The zero-order valence-electron chi connectivity index (χ0n) is 14.5. The van der Waals surface area contributed by atoms with Crippen LogP contribution < -0.4 is 10.9 Å². The second kappa shape index (κ2) is 8.54. The molecule has 0 aliphatic heterocycles. The highest BCUT2D eigenvalue weighted by Crippen LogP contribution is 2.22. The van der Waals surface area contributed by atoms with Gasteiger partial charge in [0.15, 0.2) is 12.4 Å². The summed E-state index contributed by atoms with van der Waals surface area (Å²) in [5.74, 6) is -1.80. The van der Waals surface area contributed by atoms with Gasteiger partial charge in [-0.2, -0.15) is 0 Å². The van der Waals surface area contributed by atoms with E-state index in [1.165, 1.54) is 18.4 Å². The lowest BCUT2D eigenvalue weighted by Crippen LogP contribution is -2.43. The minimum Gasteiger partial charge on any atom is -0.508 e. The van der Waals surface area contributed by atoms with Crippen molar-refractivity contribution in [3.8, 4) is 16.9 Å². The Hall–Kier alpha value is -4.07. The number of carbonyl (C=O) groups is 3. The van der Waals surface area contributed by atoms with Crippen LogP contribution in [0.15, 0.2) is 71.3 Å². The van der Waals surface area contributed by atoms with E-state index < -0.39 is 24.4 Å². The normalized spacial score (nSPS) is 10.1. The number of hydrogen-bond acceptors (Lipinski definition) is 6. The summed E-state index contributed by atoms with van der Waals surface area (Å²) >= 11 is 0. The van der Waals surface area contributed by atoms with Gasteiger partial charge in [0, 0.05) is 0 Å². The van der Waals surface area contributed by atoms with E-state index in [-0.39, 0.29) is 17.1 Å². The van der Waals surface area contributed by atoms with Gasteiger partial charge in [0.2, 0.25) is 0 Å². The first kappa shape index (κ1) is 18.7. The van der Waals surface area contributed by atoms with Crippen molar-refractivity contribution in [2.75, 3.05) is 6.61 Å². The molecule has 8 heteroatoms. The molecule has 1 heterocycles. The van der Waals surface area contributed by atoms with Gasteiger partial charge >= 0.3 is 11.9 Å². The molecule has 3 N–H and O–H groups in total. The summed E-state index contributed by atoms with van der Waals surface area (Å²) in [6, 6.07) is 16.2. The van der Waals surface area contributed by atoms with E-state index in [1.54, 1.807) is 48.5 Å². The monoisotopic (exact) mass is 380 g/mol. The summed E-state index contributed by atoms with van der Waals surface area (Å²) in [7, 11) is 0. The maximum Gasteiger partial charge on any atom is 0.338 e. The van der Waals surface area contributed by atoms with Gasteiger partial charge in [-0.3, -0.25) is 20.4 Å². The van der Waals surface area contributed by atoms with Crippen LogP contribution in [0.2, 0.25) is 0 Å². The first-order chi connectivity index (χ1) is 13.5. The summed E-state index contributed by atoms with van der Waals surface area (Å²) in [6.07, 6.45) is 1.32. The minimum atomic E-state index is -0.700. The Bertz CT molecular complexity index is 963. The Kier molecular flexibility index (Phi) is 5.71. The molecule has 0 saturated carbocycles. The summed E-state index contributed by atoms with van der Waals surface area (Å²) in [4.78, 5) is 35.3. The number of benzene rings is 2. The maximum atomic E-state index is 12.0. The van der Waals surface area contributed by atoms with Crippen molar-refractivity contribution < 1.29 is 28.6 Å². The highest BCUT2D eigenvalue weighted by molar-refractivity contribution is 5.94. The largest absolute Gasteiger partial charge is 0.508 e. The molecule has 0 bridgehead atoms. The van der Waals surface area contributed by atoms with Gasteiger partial charge in [-0.25, -0.2) is 4.79 Å². The highest BCUT2D eigenvalue weighted by Gasteiger charge is 2.13. The zero-order chi connectivity index (χ0) is 19.9. The van der Waals surface area contributed by atoms with E-state index in [4.69, 9.17) is 9.15 Å². The molecular formula is C20H16N2O6. The molecule has 0 atom stereocenters. The first-order valence-electron chi connectivity index (χ1n) is 8.22. The molecule has 3 rings (SSSR count). The third kappa shape index (κ3) is 4.76. The average Bonchev–Trinajstić information content (AvgIpc) is 3.26. The lowest BCUT2D eigenvalue weighted by atomic mass is 10.0. The third-order valence-electron chi connectivity index (χ3n) is 3.72. The van der Waals surface area contributed by atoms with Crippen molar-refractivity contribution in [1.29, 1.82) is 0 Å². The lowest BCUT2D eigenvalue weighted by Gasteiger charge is -2.08. The van der Waals surface area contributed by atoms with Crippen LogP contribution in [0.1, 0.15) is 20.9 Å². The fourth-order valence-corrected chi connectivity index (χ4v) is 2.30. The quantitative estimate of drug-likeness (QED) is 0.462. The topological polar surface area (TPSA) is 118 Å². The number of aromatic hydroxyl groups is 1. The molecule has 0 aliphatic rings. The molecule has 3 aromatic rings. The molecule has 142 valence electrons. The molecule has 0 fully saturated rings. The van der Waals surface area contributed by atoms with Crippen LogP contribution in [0.4, 0.5) is 0 Å². The highest BCUT2D eigenvalue weighted by atomic mass is 16.5. The Balaban J connectivity index is 1.48. The number of amides is 2. The Morgan fingerprint density at radius 2 is 1.54 bits per heavy atom. The molecule has 2 aromatic carbocycles. The van der Waals surface area contributed by atoms with E-state index in [1.807, 2.05) is 0 Å². The smallest absolute Gasteiger partial charge is 0.338 e. The van der Waals surface area contributed by atoms with Crippen LogP contribution in [0.5, 0.6) is 5.75 Å². The number of phenols is 1. The lowest BCUT2D eigenvalue weighted by molar-refractivity contribution is -0.125. The van der Waals surface area contributed by atoms with Crippen LogP contribution in [0.3, 0.4) is 0 Å². The van der Waals surface area contributed by atoms with Crippen molar-refractivity contribution in [1.82, 2.24) is 10.9 Å². The molecule has 0 radical (unpaired) electrons. The number of esters is 1. The van der Waals surface area contributed by atoms with Crippen molar-refractivity contribution in [2.24, 2.45) is 0 Å². The van der Waals surface area contributed by atoms with E-state index in [0.717, 1.165) is 11.1 Å². The van der Waals surface area contributed by atoms with E-state index in [2.05, 4.69) is 10.9 Å². The van der Waals surface area contributed by atoms with Gasteiger partial charge in [-0.05, 0) is 47.5 Å². The van der Waals surface area contributed by atoms with Crippen molar-refractivity contribution in [2.45, 2.75) is 0 Å². The molecule has 1 aromatic heterocycles. The van der Waals surface area contributed by atoms with Gasteiger partial charge in [0.25, 0.3) is 5.91 Å². The second-order valence-corrected chi connectivity index (χ2v) is 5.68. The molecule has 8 nitrogen and oxygen atoms in total. The number of carbonyl (C=O) groups excluding carboxylic acids is 3. The Morgan fingerprint density at radius 1 is 0.893 bits per heavy atom. The van der Waals surface area contributed by atoms with E-state index in [9.17, 15) is 19.5 Å². The third-order valence-corrected chi connectivity index (χ3v) is 3.72. The number of hydrogen-bond donors (Lipinski definition) is 3. The summed E-state index contributed by atoms with van der Waals surface area (Å²) < 4.78 is 9.79. The SMILES string of the molecule is O=C(COC(=O)c1ccc(-c2ccc(O)cc2)cc1)NNC(=O)c1ccco1. The van der Waals surface area contributed by atoms with E-state index >= 15 is 0 Å². The van der Waals surface area contributed by atoms with Crippen LogP contribution in [0, 0.1) is 0 Å². The van der Waals surface area contributed by atoms with Crippen LogP contribution in [-0.4, -0.2) is 29.5 Å². The maximum absolute atomic E-state index is 12.0. The number of nitrogens with one attached hydrogen (secondary N) is 2. The number of ether oxygens (including phenoxy) is 1. The number of hydrazine groups is 1. The van der Waals surface area contributed by atoms with Crippen molar-refractivity contribution in [3.63, 3.8) is 0 Å². The van der Waals surface area contributed by atoms with E-state index in [0.29, 0.717) is 0 Å². The summed E-state index contributed by atoms with van der Waals surface area (Å²) in [6.45, 7) is -0.559. The average molecular weight is 380 g/mol. The molecule has 0 spiro atoms. The Morgan fingerprint density at radius 3 is 2.14 bits per heavy atom. The number of phenolic OH excluding ortho intramolecular Hbond substituents is 1. The molecular weight excluding hydrogens is 364 g/mol. The minimum absolute atomic E-state index is 0.0333. The van der Waals surface area contributed by atoms with Crippen LogP contribution >= 0.6 is 0 Å². The van der Waals surface area contributed by atoms with Crippen molar-refractivity contribution >= 4 is 17.8 Å². The second-order valence-electron chi connectivity index (χ2n) is 5.68. The number of rotatable bonds is 5. The number of furan rings is 1. The standard InChI is InChI=1S/C20H16N2O6/c23-16-9-7-14(8-10-16)13-3-5-15(6-4-13)20(26)28-12-18(24)21-22-19(25)17-2-1-11-27-17/h1-11,23H,12H2,(H,21,24)(H,22,25). The van der Waals surface area contributed by atoms with Crippen molar-refractivity contribution in [3.05, 3.63) is 78.3 Å². The van der Waals surface area contributed by atoms with Gasteiger partial charge in [-0.15, -0.1) is 0 Å². The molecule has 0 saturated heterocycles. The first-order valence-corrected chi connectivity index (χ1v) is 8.22. The Labute approximate surface area is 159 Å². The molecule has 2 amide bonds. The van der Waals surface area contributed by atoms with Gasteiger partial charge in [-0.1, -0.05) is 24.3 Å². The summed E-state index contributed by atoms with van der Waals surface area (Å²) in [5, 5.41) is 9.32. The molecule has 28 heavy (non-hydrogen) atoms. The van der Waals surface area contributed by atoms with Gasteiger partial charge in [0.05, 0.1) is 11.8 Å². The predicted octanol–water partition coefficient (Wildman–Crippen LogP) is 2.27. The van der Waals surface area contributed by atoms with Gasteiger partial charge < -0.3 is 14.3 Å².